The number of amides is 1. The number of fused-ring (bicyclic) bond motifs is 1. The average Bonchev–Trinajstić information content (AvgIpc) is 3.82. The van der Waals surface area contributed by atoms with E-state index in [1.165, 1.54) is 33.6 Å². The fourth-order valence-electron chi connectivity index (χ4n) is 6.08. The zero-order valence-electron chi connectivity index (χ0n) is 27.8. The van der Waals surface area contributed by atoms with Gasteiger partial charge in [0.05, 0.1) is 18.2 Å². The summed E-state index contributed by atoms with van der Waals surface area (Å²) in [6.45, 7) is 6.58. The normalized spacial score (nSPS) is 17.9. The monoisotopic (exact) mass is 705 g/mol. The van der Waals surface area contributed by atoms with Gasteiger partial charge in [0.1, 0.15) is 24.2 Å². The Morgan fingerprint density at radius 2 is 1.76 bits per heavy atom. The van der Waals surface area contributed by atoms with Crippen molar-refractivity contribution >= 4 is 45.7 Å². The van der Waals surface area contributed by atoms with E-state index in [1.54, 1.807) is 30.3 Å². The number of aromatic nitrogens is 2. The van der Waals surface area contributed by atoms with Crippen LogP contribution < -0.4 is 19.1 Å². The van der Waals surface area contributed by atoms with Crippen LogP contribution in [-0.2, 0) is 28.4 Å². The molecule has 0 aliphatic carbocycles. The minimum Gasteiger partial charge on any atom is -0.507 e. The van der Waals surface area contributed by atoms with Crippen LogP contribution in [0.25, 0.3) is 5.76 Å². The number of benzene rings is 4. The molecule has 50 heavy (non-hydrogen) atoms. The second-order valence-corrected chi connectivity index (χ2v) is 14.3. The molecule has 0 radical (unpaired) electrons. The predicted molar refractivity (Wildman–Crippen MR) is 194 cm³/mol. The average molecular weight is 706 g/mol. The van der Waals surface area contributed by atoms with Crippen LogP contribution in [0.2, 0.25) is 0 Å². The Morgan fingerprint density at radius 3 is 2.54 bits per heavy atom. The number of ether oxygens (including phenoxy) is 3. The first kappa shape index (κ1) is 33.4. The molecule has 2 atom stereocenters. The Bertz CT molecular complexity index is 2080. The second-order valence-electron chi connectivity index (χ2n) is 12.2. The van der Waals surface area contributed by atoms with E-state index in [1.807, 2.05) is 57.2 Å². The summed E-state index contributed by atoms with van der Waals surface area (Å²) in [6.07, 6.45) is 0.674. The second kappa shape index (κ2) is 14.4. The molecule has 1 aromatic heterocycles. The van der Waals surface area contributed by atoms with E-state index >= 15 is 0 Å². The topological polar surface area (TPSA) is 111 Å². The Hall–Kier alpha value is -5.13. The van der Waals surface area contributed by atoms with Gasteiger partial charge in [-0.15, -0.1) is 10.2 Å². The van der Waals surface area contributed by atoms with Gasteiger partial charge in [0, 0.05) is 17.7 Å². The number of nitrogens with zero attached hydrogens (tertiary/aromatic N) is 3. The van der Waals surface area contributed by atoms with Gasteiger partial charge in [-0.1, -0.05) is 89.3 Å². The van der Waals surface area contributed by atoms with E-state index in [0.29, 0.717) is 52.4 Å². The van der Waals surface area contributed by atoms with Gasteiger partial charge in [-0.2, -0.15) is 0 Å². The van der Waals surface area contributed by atoms with Crippen LogP contribution in [0.4, 0.5) is 5.13 Å². The van der Waals surface area contributed by atoms with E-state index in [9.17, 15) is 14.7 Å². The molecular formula is C39H35N3O6S2. The molecule has 4 aromatic carbocycles. The zero-order valence-corrected chi connectivity index (χ0v) is 29.4. The SMILES string of the molecule is CCOc1cc([C@H]2/C(=C(\O)c3ccc4c(c3)C[C@@H](C)O4)C(=O)C(=O)N2c2nnc(SCc3ccc(C)cc3)s2)ccc1OCc1ccccc1. The molecule has 9 nitrogen and oxygen atoms in total. The first-order valence-electron chi connectivity index (χ1n) is 16.3. The lowest BCUT2D eigenvalue weighted by molar-refractivity contribution is -0.132. The maximum absolute atomic E-state index is 13.9. The Labute approximate surface area is 298 Å². The molecule has 0 unspecified atom stereocenters. The Balaban J connectivity index is 1.27. The van der Waals surface area contributed by atoms with Gasteiger partial charge in [-0.25, -0.2) is 0 Å². The highest BCUT2D eigenvalue weighted by atomic mass is 32.2. The summed E-state index contributed by atoms with van der Waals surface area (Å²) >= 11 is 2.72. The largest absolute Gasteiger partial charge is 0.507 e. The highest BCUT2D eigenvalue weighted by Crippen LogP contribution is 2.46. The van der Waals surface area contributed by atoms with Crippen molar-refractivity contribution in [3.05, 3.63) is 130 Å². The molecular weight excluding hydrogens is 671 g/mol. The molecule has 1 saturated heterocycles. The van der Waals surface area contributed by atoms with Crippen LogP contribution in [0, 0.1) is 6.92 Å². The van der Waals surface area contributed by atoms with Crippen molar-refractivity contribution in [1.29, 1.82) is 0 Å². The van der Waals surface area contributed by atoms with Gasteiger partial charge >= 0.3 is 5.91 Å². The maximum Gasteiger partial charge on any atom is 0.301 e. The minimum absolute atomic E-state index is 0.00284. The summed E-state index contributed by atoms with van der Waals surface area (Å²) in [5.74, 6) is 0.464. The van der Waals surface area contributed by atoms with Crippen molar-refractivity contribution in [2.75, 3.05) is 11.5 Å². The number of aryl methyl sites for hydroxylation is 1. The van der Waals surface area contributed by atoms with Crippen LogP contribution in [0.5, 0.6) is 17.2 Å². The number of ketones is 1. The van der Waals surface area contributed by atoms with Gasteiger partial charge < -0.3 is 19.3 Å². The summed E-state index contributed by atoms with van der Waals surface area (Å²) in [6, 6.07) is 27.6. The third-order valence-electron chi connectivity index (χ3n) is 8.52. The molecule has 0 spiro atoms. The molecule has 1 fully saturated rings. The van der Waals surface area contributed by atoms with Gasteiger partial charge in [-0.3, -0.25) is 14.5 Å². The number of carbonyl (C=O) groups excluding carboxylic acids is 2. The minimum atomic E-state index is -1.01. The molecule has 2 aliphatic rings. The summed E-state index contributed by atoms with van der Waals surface area (Å²) in [5, 5.41) is 20.8. The maximum atomic E-state index is 13.9. The van der Waals surface area contributed by atoms with Crippen molar-refractivity contribution in [2.45, 2.75) is 56.0 Å². The summed E-state index contributed by atoms with van der Waals surface area (Å²) in [4.78, 5) is 29.2. The molecule has 7 rings (SSSR count). The standard InChI is InChI=1S/C39H35N3O6S2/c1-4-46-32-20-27(14-17-31(32)47-21-25-8-6-5-7-9-25)34-33(35(43)28-15-16-30-29(19-28)18-24(3)48-30)36(44)37(45)42(34)38-40-41-39(50-38)49-22-26-12-10-23(2)11-13-26/h5-17,19-20,24,34,43H,4,18,21-22H2,1-3H3/b35-33+/t24-,34+/m1/s1. The molecule has 11 heteroatoms. The predicted octanol–water partition coefficient (Wildman–Crippen LogP) is 8.07. The third kappa shape index (κ3) is 6.83. The molecule has 0 bridgehead atoms. The molecule has 1 amide bonds. The van der Waals surface area contributed by atoms with Crippen LogP contribution >= 0.6 is 23.1 Å². The highest BCUT2D eigenvalue weighted by Gasteiger charge is 2.48. The summed E-state index contributed by atoms with van der Waals surface area (Å²) in [7, 11) is 0. The van der Waals surface area contributed by atoms with Gasteiger partial charge in [0.15, 0.2) is 15.8 Å². The summed E-state index contributed by atoms with van der Waals surface area (Å²) < 4.78 is 18.7. The van der Waals surface area contributed by atoms with Crippen LogP contribution in [-0.4, -0.2) is 39.7 Å². The fraction of sp³-hybridized carbons (Fsp3) is 0.231. The molecule has 0 saturated carbocycles. The van der Waals surface area contributed by atoms with E-state index in [2.05, 4.69) is 34.5 Å². The number of aliphatic hydroxyl groups is 1. The molecule has 5 aromatic rings. The quantitative estimate of drug-likeness (QED) is 0.0480. The molecule has 254 valence electrons. The van der Waals surface area contributed by atoms with E-state index in [-0.39, 0.29) is 22.6 Å². The highest BCUT2D eigenvalue weighted by molar-refractivity contribution is 8.00. The van der Waals surface area contributed by atoms with Gasteiger partial charge in [0.25, 0.3) is 5.78 Å². The first-order chi connectivity index (χ1) is 24.3. The fourth-order valence-corrected chi connectivity index (χ4v) is 7.90. The first-order valence-corrected chi connectivity index (χ1v) is 18.2. The Morgan fingerprint density at radius 1 is 0.960 bits per heavy atom. The van der Waals surface area contributed by atoms with Crippen molar-refractivity contribution < 1.29 is 28.9 Å². The van der Waals surface area contributed by atoms with Crippen molar-refractivity contribution in [3.63, 3.8) is 0 Å². The molecule has 1 N–H and O–H groups in total. The van der Waals surface area contributed by atoms with Crippen LogP contribution in [0.3, 0.4) is 0 Å². The van der Waals surface area contributed by atoms with Gasteiger partial charge in [0.2, 0.25) is 5.13 Å². The Kier molecular flexibility index (Phi) is 9.60. The van der Waals surface area contributed by atoms with Crippen molar-refractivity contribution in [1.82, 2.24) is 10.2 Å². The van der Waals surface area contributed by atoms with E-state index in [4.69, 9.17) is 14.2 Å². The lowest BCUT2D eigenvalue weighted by atomic mass is 9.94. The molecule has 2 aliphatic heterocycles. The number of carbonyl (C=O) groups is 2. The number of thioether (sulfide) groups is 1. The number of aliphatic hydroxyl groups excluding tert-OH is 1. The van der Waals surface area contributed by atoms with Crippen molar-refractivity contribution in [2.24, 2.45) is 0 Å². The summed E-state index contributed by atoms with van der Waals surface area (Å²) in [5.41, 5.74) is 5.14. The zero-order chi connectivity index (χ0) is 34.8. The number of rotatable bonds is 11. The molecule has 3 heterocycles. The number of anilines is 1. The van der Waals surface area contributed by atoms with Crippen LogP contribution in [0.1, 0.15) is 53.3 Å². The van der Waals surface area contributed by atoms with E-state index < -0.39 is 17.7 Å². The van der Waals surface area contributed by atoms with Crippen LogP contribution in [0.15, 0.2) is 101 Å². The number of hydrogen-bond donors (Lipinski definition) is 1. The van der Waals surface area contributed by atoms with E-state index in [0.717, 1.165) is 22.4 Å². The lowest BCUT2D eigenvalue weighted by Crippen LogP contribution is -2.29. The lowest BCUT2D eigenvalue weighted by Gasteiger charge is -2.24. The number of hydrogen-bond acceptors (Lipinski definition) is 10. The third-order valence-corrected chi connectivity index (χ3v) is 10.6. The smallest absolute Gasteiger partial charge is 0.301 e. The van der Waals surface area contributed by atoms with Gasteiger partial charge in [-0.05, 0) is 73.4 Å². The van der Waals surface area contributed by atoms with Crippen molar-refractivity contribution in [3.8, 4) is 17.2 Å². The number of Topliss-reactive ketones (excluding diaryl/α,β-unsaturated/α-hetero) is 1.